The predicted molar refractivity (Wildman–Crippen MR) is 68.5 cm³/mol. The fourth-order valence-electron chi connectivity index (χ4n) is 1.73. The van der Waals surface area contributed by atoms with E-state index in [-0.39, 0.29) is 23.4 Å². The Labute approximate surface area is 107 Å². The number of anilines is 1. The van der Waals surface area contributed by atoms with Crippen molar-refractivity contribution in [2.45, 2.75) is 37.6 Å². The topological polar surface area (TPSA) is 110 Å². The summed E-state index contributed by atoms with van der Waals surface area (Å²) in [7, 11) is -2.07. The van der Waals surface area contributed by atoms with E-state index in [1.165, 1.54) is 4.68 Å². The van der Waals surface area contributed by atoms with Crippen molar-refractivity contribution in [2.24, 2.45) is 7.05 Å². The van der Waals surface area contributed by atoms with Gasteiger partial charge in [-0.1, -0.05) is 6.92 Å². The number of aliphatic hydroxyl groups excluding tert-OH is 1. The Bertz CT molecular complexity index is 509. The molecule has 1 unspecified atom stereocenters. The van der Waals surface area contributed by atoms with Crippen LogP contribution in [-0.2, 0) is 17.1 Å². The molecule has 1 heterocycles. The van der Waals surface area contributed by atoms with Gasteiger partial charge in [-0.3, -0.25) is 4.68 Å². The number of sulfonamides is 1. The minimum absolute atomic E-state index is 0.0126. The standard InChI is InChI=1S/C10H20N4O3S/c1-4-8(5-6-15)13-18(16,17)9-7(2)14(3)12-10(9)11/h8,13,15H,4-6H2,1-3H3,(H2,11,12). The Hall–Kier alpha value is -1.12. The Morgan fingerprint density at radius 2 is 2.17 bits per heavy atom. The van der Waals surface area contributed by atoms with E-state index in [0.29, 0.717) is 18.5 Å². The highest BCUT2D eigenvalue weighted by Crippen LogP contribution is 2.21. The van der Waals surface area contributed by atoms with E-state index >= 15 is 0 Å². The summed E-state index contributed by atoms with van der Waals surface area (Å²) < 4.78 is 28.4. The average molecular weight is 276 g/mol. The second kappa shape index (κ2) is 5.68. The van der Waals surface area contributed by atoms with Crippen molar-refractivity contribution < 1.29 is 13.5 Å². The van der Waals surface area contributed by atoms with Crippen LogP contribution in [0, 0.1) is 6.92 Å². The maximum atomic E-state index is 12.2. The van der Waals surface area contributed by atoms with Gasteiger partial charge in [0.15, 0.2) is 5.82 Å². The lowest BCUT2D eigenvalue weighted by molar-refractivity contribution is 0.270. The van der Waals surface area contributed by atoms with E-state index in [9.17, 15) is 8.42 Å². The van der Waals surface area contributed by atoms with Crippen molar-refractivity contribution in [3.05, 3.63) is 5.69 Å². The molecule has 0 saturated carbocycles. The van der Waals surface area contributed by atoms with E-state index in [2.05, 4.69) is 9.82 Å². The first-order valence-corrected chi connectivity index (χ1v) is 7.24. The highest BCUT2D eigenvalue weighted by atomic mass is 32.2. The molecule has 0 fully saturated rings. The molecule has 0 aromatic carbocycles. The minimum atomic E-state index is -3.70. The van der Waals surface area contributed by atoms with Crippen LogP contribution in [-0.4, -0.2) is 36.0 Å². The third-order valence-electron chi connectivity index (χ3n) is 2.87. The first kappa shape index (κ1) is 14.9. The first-order chi connectivity index (χ1) is 8.33. The molecule has 1 aromatic heterocycles. The number of nitrogen functional groups attached to an aromatic ring is 1. The molecule has 0 saturated heterocycles. The molecule has 1 rings (SSSR count). The Balaban J connectivity index is 3.06. The van der Waals surface area contributed by atoms with Crippen LogP contribution in [0.25, 0.3) is 0 Å². The van der Waals surface area contributed by atoms with Crippen LogP contribution in [0.4, 0.5) is 5.82 Å². The van der Waals surface area contributed by atoms with Gasteiger partial charge in [0.2, 0.25) is 10.0 Å². The van der Waals surface area contributed by atoms with Gasteiger partial charge in [-0.25, -0.2) is 13.1 Å². The molecule has 0 radical (unpaired) electrons. The average Bonchev–Trinajstić information content (AvgIpc) is 2.52. The van der Waals surface area contributed by atoms with Crippen LogP contribution in [0.3, 0.4) is 0 Å². The van der Waals surface area contributed by atoms with E-state index in [0.717, 1.165) is 0 Å². The normalized spacial score (nSPS) is 13.8. The second-order valence-electron chi connectivity index (χ2n) is 4.16. The van der Waals surface area contributed by atoms with Gasteiger partial charge >= 0.3 is 0 Å². The summed E-state index contributed by atoms with van der Waals surface area (Å²) >= 11 is 0. The number of hydrogen-bond donors (Lipinski definition) is 3. The van der Waals surface area contributed by atoms with Gasteiger partial charge in [-0.15, -0.1) is 0 Å². The zero-order chi connectivity index (χ0) is 13.9. The summed E-state index contributed by atoms with van der Waals surface area (Å²) in [4.78, 5) is 0.0152. The monoisotopic (exact) mass is 276 g/mol. The van der Waals surface area contributed by atoms with Gasteiger partial charge in [-0.05, 0) is 19.8 Å². The molecule has 0 aliphatic heterocycles. The van der Waals surface area contributed by atoms with E-state index in [1.807, 2.05) is 6.92 Å². The van der Waals surface area contributed by atoms with E-state index < -0.39 is 10.0 Å². The maximum Gasteiger partial charge on any atom is 0.246 e. The fourth-order valence-corrected chi connectivity index (χ4v) is 3.41. The molecule has 104 valence electrons. The van der Waals surface area contributed by atoms with Gasteiger partial charge in [0.05, 0.1) is 5.69 Å². The second-order valence-corrected chi connectivity index (χ2v) is 5.81. The molecule has 0 amide bonds. The van der Waals surface area contributed by atoms with Gasteiger partial charge in [-0.2, -0.15) is 5.10 Å². The van der Waals surface area contributed by atoms with Crippen molar-refractivity contribution >= 4 is 15.8 Å². The maximum absolute atomic E-state index is 12.2. The minimum Gasteiger partial charge on any atom is -0.396 e. The summed E-state index contributed by atoms with van der Waals surface area (Å²) in [6, 6.07) is -0.306. The van der Waals surface area contributed by atoms with Crippen molar-refractivity contribution in [2.75, 3.05) is 12.3 Å². The Morgan fingerprint density at radius 3 is 2.56 bits per heavy atom. The number of nitrogens with one attached hydrogen (secondary N) is 1. The highest BCUT2D eigenvalue weighted by Gasteiger charge is 2.26. The third kappa shape index (κ3) is 3.01. The van der Waals surface area contributed by atoms with Crippen LogP contribution in [0.1, 0.15) is 25.5 Å². The molecule has 1 atom stereocenters. The molecule has 0 aliphatic rings. The van der Waals surface area contributed by atoms with Crippen molar-refractivity contribution in [1.29, 1.82) is 0 Å². The molecule has 7 nitrogen and oxygen atoms in total. The van der Waals surface area contributed by atoms with E-state index in [4.69, 9.17) is 10.8 Å². The zero-order valence-corrected chi connectivity index (χ0v) is 11.7. The number of nitrogens with zero attached hydrogens (tertiary/aromatic N) is 2. The smallest absolute Gasteiger partial charge is 0.246 e. The van der Waals surface area contributed by atoms with Crippen LogP contribution in [0.2, 0.25) is 0 Å². The number of nitrogens with two attached hydrogens (primary N) is 1. The van der Waals surface area contributed by atoms with Gasteiger partial charge in [0.1, 0.15) is 4.90 Å². The van der Waals surface area contributed by atoms with Crippen LogP contribution >= 0.6 is 0 Å². The molecule has 8 heteroatoms. The molecule has 0 spiro atoms. The van der Waals surface area contributed by atoms with Gasteiger partial charge in [0, 0.05) is 19.7 Å². The molecule has 18 heavy (non-hydrogen) atoms. The van der Waals surface area contributed by atoms with Gasteiger partial charge in [0.25, 0.3) is 0 Å². The Morgan fingerprint density at radius 1 is 1.56 bits per heavy atom. The first-order valence-electron chi connectivity index (χ1n) is 5.75. The number of aryl methyl sites for hydroxylation is 1. The van der Waals surface area contributed by atoms with Crippen molar-refractivity contribution in [1.82, 2.24) is 14.5 Å². The summed E-state index contributed by atoms with van der Waals surface area (Å²) in [5, 5.41) is 12.8. The van der Waals surface area contributed by atoms with E-state index in [1.54, 1.807) is 14.0 Å². The largest absolute Gasteiger partial charge is 0.396 e. The number of aromatic nitrogens is 2. The fraction of sp³-hybridized carbons (Fsp3) is 0.700. The van der Waals surface area contributed by atoms with Crippen molar-refractivity contribution in [3.63, 3.8) is 0 Å². The summed E-state index contributed by atoms with van der Waals surface area (Å²) in [6.07, 6.45) is 0.966. The third-order valence-corrected chi connectivity index (χ3v) is 4.55. The Kier molecular flexibility index (Phi) is 4.71. The molecular weight excluding hydrogens is 256 g/mol. The number of aliphatic hydroxyl groups is 1. The number of hydrogen-bond acceptors (Lipinski definition) is 5. The lowest BCUT2D eigenvalue weighted by Gasteiger charge is -2.15. The quantitative estimate of drug-likeness (QED) is 0.663. The molecular formula is C10H20N4O3S. The predicted octanol–water partition coefficient (Wildman–Crippen LogP) is -0.250. The summed E-state index contributed by atoms with van der Waals surface area (Å²) in [5.74, 6) is -0.0126. The number of rotatable bonds is 6. The van der Waals surface area contributed by atoms with Crippen LogP contribution < -0.4 is 10.5 Å². The van der Waals surface area contributed by atoms with Crippen LogP contribution in [0.5, 0.6) is 0 Å². The molecule has 0 aliphatic carbocycles. The lowest BCUT2D eigenvalue weighted by atomic mass is 10.2. The lowest BCUT2D eigenvalue weighted by Crippen LogP contribution is -2.35. The highest BCUT2D eigenvalue weighted by molar-refractivity contribution is 7.89. The summed E-state index contributed by atoms with van der Waals surface area (Å²) in [5.41, 5.74) is 6.10. The molecule has 1 aromatic rings. The zero-order valence-electron chi connectivity index (χ0n) is 10.8. The summed E-state index contributed by atoms with van der Waals surface area (Å²) in [6.45, 7) is 3.43. The SMILES string of the molecule is CCC(CCO)NS(=O)(=O)c1c(N)nn(C)c1C. The van der Waals surface area contributed by atoms with Crippen LogP contribution in [0.15, 0.2) is 4.90 Å². The van der Waals surface area contributed by atoms with Gasteiger partial charge < -0.3 is 10.8 Å². The van der Waals surface area contributed by atoms with Crippen molar-refractivity contribution in [3.8, 4) is 0 Å². The molecule has 0 bridgehead atoms. The molecule has 4 N–H and O–H groups in total.